The summed E-state index contributed by atoms with van der Waals surface area (Å²) in [6.45, 7) is 8.64. The van der Waals surface area contributed by atoms with E-state index in [0.29, 0.717) is 12.5 Å². The average Bonchev–Trinajstić information content (AvgIpc) is 3.40. The van der Waals surface area contributed by atoms with Crippen molar-refractivity contribution in [1.82, 2.24) is 25.1 Å². The maximum Gasteiger partial charge on any atom is 0.226 e. The zero-order chi connectivity index (χ0) is 21.8. The second-order valence-corrected chi connectivity index (χ2v) is 9.74. The standard InChI is InChI=1S/C23H29N5O2S/c1-23(2,3)28-21(19-6-4-5-9-24-19)18(14-26-28)22-27-17(15-31-22)12-20(29)25-13-16-7-10-30-11-8-16/h4-6,9,14-16H,7-8,10-13H2,1-3H3,(H,25,29). The molecule has 0 unspecified atom stereocenters. The summed E-state index contributed by atoms with van der Waals surface area (Å²) in [7, 11) is 0. The van der Waals surface area contributed by atoms with Gasteiger partial charge in [-0.25, -0.2) is 4.98 Å². The van der Waals surface area contributed by atoms with Crippen LogP contribution in [-0.2, 0) is 21.5 Å². The van der Waals surface area contributed by atoms with E-state index in [4.69, 9.17) is 9.72 Å². The highest BCUT2D eigenvalue weighted by molar-refractivity contribution is 7.13. The topological polar surface area (TPSA) is 81.9 Å². The average molecular weight is 440 g/mol. The summed E-state index contributed by atoms with van der Waals surface area (Å²) < 4.78 is 7.37. The molecule has 0 saturated carbocycles. The fourth-order valence-corrected chi connectivity index (χ4v) is 4.54. The molecule has 1 saturated heterocycles. The maximum absolute atomic E-state index is 12.4. The molecular weight excluding hydrogens is 410 g/mol. The van der Waals surface area contributed by atoms with Crippen LogP contribution < -0.4 is 5.32 Å². The summed E-state index contributed by atoms with van der Waals surface area (Å²) in [6, 6.07) is 5.87. The summed E-state index contributed by atoms with van der Waals surface area (Å²) >= 11 is 1.53. The van der Waals surface area contributed by atoms with E-state index in [1.807, 2.05) is 34.5 Å². The van der Waals surface area contributed by atoms with Crippen molar-refractivity contribution in [3.05, 3.63) is 41.7 Å². The van der Waals surface area contributed by atoms with Crippen molar-refractivity contribution >= 4 is 17.2 Å². The molecule has 4 heterocycles. The lowest BCUT2D eigenvalue weighted by Crippen LogP contribution is -2.33. The number of pyridine rings is 1. The third-order valence-corrected chi connectivity index (χ3v) is 6.29. The molecule has 0 bridgehead atoms. The van der Waals surface area contributed by atoms with Crippen LogP contribution in [-0.4, -0.2) is 45.4 Å². The predicted octanol–water partition coefficient (Wildman–Crippen LogP) is 3.91. The quantitative estimate of drug-likeness (QED) is 0.630. The monoisotopic (exact) mass is 439 g/mol. The third-order valence-electron chi connectivity index (χ3n) is 5.36. The molecule has 4 rings (SSSR count). The molecule has 0 spiro atoms. The second kappa shape index (κ2) is 9.28. The first-order valence-corrected chi connectivity index (χ1v) is 11.6. The van der Waals surface area contributed by atoms with Crippen LogP contribution in [0.4, 0.5) is 0 Å². The minimum absolute atomic E-state index is 0.0127. The lowest BCUT2D eigenvalue weighted by Gasteiger charge is -2.22. The molecule has 0 atom stereocenters. The van der Waals surface area contributed by atoms with Crippen LogP contribution in [0.15, 0.2) is 36.0 Å². The molecule has 3 aromatic rings. The van der Waals surface area contributed by atoms with Crippen molar-refractivity contribution in [2.45, 2.75) is 45.6 Å². The van der Waals surface area contributed by atoms with Gasteiger partial charge in [0.15, 0.2) is 0 Å². The van der Waals surface area contributed by atoms with E-state index >= 15 is 0 Å². The highest BCUT2D eigenvalue weighted by Gasteiger charge is 2.25. The van der Waals surface area contributed by atoms with Crippen LogP contribution in [0.1, 0.15) is 39.3 Å². The number of hydrogen-bond acceptors (Lipinski definition) is 6. The number of rotatable bonds is 6. The Kier molecular flexibility index (Phi) is 6.48. The molecule has 1 aliphatic rings. The molecule has 1 N–H and O–H groups in total. The first kappa shape index (κ1) is 21.6. The number of carbonyl (C=O) groups is 1. The normalized spacial score (nSPS) is 15.2. The van der Waals surface area contributed by atoms with Crippen LogP contribution in [0.3, 0.4) is 0 Å². The Morgan fingerprint density at radius 1 is 1.29 bits per heavy atom. The summed E-state index contributed by atoms with van der Waals surface area (Å²) in [5.74, 6) is 0.520. The van der Waals surface area contributed by atoms with Gasteiger partial charge in [-0.15, -0.1) is 11.3 Å². The minimum Gasteiger partial charge on any atom is -0.381 e. The molecule has 31 heavy (non-hydrogen) atoms. The van der Waals surface area contributed by atoms with Gasteiger partial charge in [-0.05, 0) is 51.7 Å². The van der Waals surface area contributed by atoms with Crippen LogP contribution >= 0.6 is 11.3 Å². The first-order chi connectivity index (χ1) is 14.9. The van der Waals surface area contributed by atoms with Gasteiger partial charge >= 0.3 is 0 Å². The van der Waals surface area contributed by atoms with Gasteiger partial charge < -0.3 is 10.1 Å². The number of carbonyl (C=O) groups excluding carboxylic acids is 1. The number of ether oxygens (including phenoxy) is 1. The highest BCUT2D eigenvalue weighted by Crippen LogP contribution is 2.35. The minimum atomic E-state index is -0.199. The Labute approximate surface area is 186 Å². The zero-order valence-electron chi connectivity index (χ0n) is 18.3. The van der Waals surface area contributed by atoms with Crippen molar-refractivity contribution in [2.24, 2.45) is 5.92 Å². The molecule has 7 nitrogen and oxygen atoms in total. The van der Waals surface area contributed by atoms with E-state index in [1.165, 1.54) is 11.3 Å². The van der Waals surface area contributed by atoms with Gasteiger partial charge in [0.2, 0.25) is 5.91 Å². The fourth-order valence-electron chi connectivity index (χ4n) is 3.71. The smallest absolute Gasteiger partial charge is 0.226 e. The molecular formula is C23H29N5O2S. The SMILES string of the molecule is CC(C)(C)n1ncc(-c2nc(CC(=O)NCC3CCOCC3)cs2)c1-c1ccccn1. The molecule has 0 aliphatic carbocycles. The first-order valence-electron chi connectivity index (χ1n) is 10.7. The summed E-state index contributed by atoms with van der Waals surface area (Å²) in [5.41, 5.74) is 3.32. The Hall–Kier alpha value is -2.58. The Bertz CT molecular complexity index is 1020. The number of nitrogens with one attached hydrogen (secondary N) is 1. The molecule has 0 radical (unpaired) electrons. The van der Waals surface area contributed by atoms with Gasteiger partial charge in [-0.1, -0.05) is 6.07 Å². The van der Waals surface area contributed by atoms with Crippen molar-refractivity contribution in [2.75, 3.05) is 19.8 Å². The third kappa shape index (κ3) is 5.19. The van der Waals surface area contributed by atoms with Gasteiger partial charge in [-0.2, -0.15) is 5.10 Å². The van der Waals surface area contributed by atoms with Crippen molar-refractivity contribution < 1.29 is 9.53 Å². The number of aromatic nitrogens is 4. The maximum atomic E-state index is 12.4. The van der Waals surface area contributed by atoms with Crippen LogP contribution in [0.25, 0.3) is 22.0 Å². The molecule has 164 valence electrons. The van der Waals surface area contributed by atoms with Crippen LogP contribution in [0, 0.1) is 5.92 Å². The number of amides is 1. The van der Waals surface area contributed by atoms with Crippen molar-refractivity contribution in [3.8, 4) is 22.0 Å². The molecule has 8 heteroatoms. The van der Waals surface area contributed by atoms with Gasteiger partial charge in [0.1, 0.15) is 5.01 Å². The Balaban J connectivity index is 1.51. The lowest BCUT2D eigenvalue weighted by molar-refractivity contribution is -0.120. The second-order valence-electron chi connectivity index (χ2n) is 8.89. The molecule has 1 amide bonds. The van der Waals surface area contributed by atoms with E-state index < -0.39 is 0 Å². The van der Waals surface area contributed by atoms with Gasteiger partial charge in [0.05, 0.1) is 40.8 Å². The molecule has 1 fully saturated rings. The lowest BCUT2D eigenvalue weighted by atomic mass is 10.0. The number of nitrogens with zero attached hydrogens (tertiary/aromatic N) is 4. The fraction of sp³-hybridized carbons (Fsp3) is 0.478. The summed E-state index contributed by atoms with van der Waals surface area (Å²) in [4.78, 5) is 21.7. The van der Waals surface area contributed by atoms with Gasteiger partial charge in [-0.3, -0.25) is 14.5 Å². The zero-order valence-corrected chi connectivity index (χ0v) is 19.1. The highest BCUT2D eigenvalue weighted by atomic mass is 32.1. The van der Waals surface area contributed by atoms with E-state index in [9.17, 15) is 4.79 Å². The Morgan fingerprint density at radius 3 is 2.81 bits per heavy atom. The van der Waals surface area contributed by atoms with Gasteiger partial charge in [0, 0.05) is 31.3 Å². The van der Waals surface area contributed by atoms with E-state index in [2.05, 4.69) is 36.2 Å². The van der Waals surface area contributed by atoms with Crippen molar-refractivity contribution in [1.29, 1.82) is 0 Å². The number of thiazole rings is 1. The van der Waals surface area contributed by atoms with E-state index in [0.717, 1.165) is 53.7 Å². The summed E-state index contributed by atoms with van der Waals surface area (Å²) in [5, 5.41) is 10.5. The van der Waals surface area contributed by atoms with Crippen molar-refractivity contribution in [3.63, 3.8) is 0 Å². The largest absolute Gasteiger partial charge is 0.381 e. The predicted molar refractivity (Wildman–Crippen MR) is 122 cm³/mol. The van der Waals surface area contributed by atoms with Gasteiger partial charge in [0.25, 0.3) is 0 Å². The van der Waals surface area contributed by atoms with E-state index in [-0.39, 0.29) is 17.9 Å². The van der Waals surface area contributed by atoms with Crippen LogP contribution in [0.5, 0.6) is 0 Å². The van der Waals surface area contributed by atoms with Crippen LogP contribution in [0.2, 0.25) is 0 Å². The van der Waals surface area contributed by atoms with E-state index in [1.54, 1.807) is 6.20 Å². The molecule has 3 aromatic heterocycles. The summed E-state index contributed by atoms with van der Waals surface area (Å²) in [6.07, 6.45) is 5.94. The molecule has 1 aliphatic heterocycles. The molecule has 0 aromatic carbocycles. The number of hydrogen-bond donors (Lipinski definition) is 1. The Morgan fingerprint density at radius 2 is 2.10 bits per heavy atom.